The first-order chi connectivity index (χ1) is 13.9. The van der Waals surface area contributed by atoms with Crippen molar-refractivity contribution in [2.45, 2.75) is 45.3 Å². The molecule has 0 saturated heterocycles. The number of carbonyl (C=O) groups excluding carboxylic acids is 2. The van der Waals surface area contributed by atoms with E-state index in [9.17, 15) is 9.59 Å². The maximum absolute atomic E-state index is 12.3. The number of methoxy groups -OCH3 is 2. The Balaban J connectivity index is 1.80. The van der Waals surface area contributed by atoms with Gasteiger partial charge >= 0.3 is 5.97 Å². The highest BCUT2D eigenvalue weighted by atomic mass is 16.5. The standard InChI is InChI=1S/C23H29NO5/c1-16(10-11-18-8-6-5-7-9-18)24-23(26)17(2)29-22(25)15-19-12-13-20(27-3)21(14-19)28-4/h5-9,12-14,16-17H,10-11,15H2,1-4H3,(H,24,26)/t16-,17+/m1/s1. The fourth-order valence-corrected chi connectivity index (χ4v) is 2.91. The van der Waals surface area contributed by atoms with Crippen LogP contribution >= 0.6 is 0 Å². The van der Waals surface area contributed by atoms with Crippen molar-refractivity contribution in [3.63, 3.8) is 0 Å². The highest BCUT2D eigenvalue weighted by Crippen LogP contribution is 2.27. The molecule has 0 unspecified atom stereocenters. The van der Waals surface area contributed by atoms with E-state index in [1.165, 1.54) is 12.7 Å². The SMILES string of the molecule is COc1ccc(CC(=O)O[C@@H](C)C(=O)N[C@H](C)CCc2ccccc2)cc1OC. The van der Waals surface area contributed by atoms with Gasteiger partial charge in [-0.25, -0.2) is 0 Å². The average Bonchev–Trinajstić information content (AvgIpc) is 2.72. The van der Waals surface area contributed by atoms with Crippen LogP contribution in [0.2, 0.25) is 0 Å². The van der Waals surface area contributed by atoms with Gasteiger partial charge in [-0.05, 0) is 49.9 Å². The molecule has 29 heavy (non-hydrogen) atoms. The predicted octanol–water partition coefficient (Wildman–Crippen LogP) is 3.32. The Kier molecular flexibility index (Phi) is 8.52. The third-order valence-corrected chi connectivity index (χ3v) is 4.57. The van der Waals surface area contributed by atoms with Gasteiger partial charge in [0, 0.05) is 6.04 Å². The number of hydrogen-bond acceptors (Lipinski definition) is 5. The van der Waals surface area contributed by atoms with Gasteiger partial charge < -0.3 is 19.5 Å². The second-order valence-electron chi connectivity index (χ2n) is 6.93. The molecule has 2 aromatic rings. The summed E-state index contributed by atoms with van der Waals surface area (Å²) in [5.74, 6) is 0.348. The van der Waals surface area contributed by atoms with Gasteiger partial charge in [0.05, 0.1) is 20.6 Å². The number of aryl methyl sites for hydroxylation is 1. The molecule has 0 aliphatic carbocycles. The van der Waals surface area contributed by atoms with E-state index < -0.39 is 12.1 Å². The van der Waals surface area contributed by atoms with Gasteiger partial charge in [-0.3, -0.25) is 9.59 Å². The van der Waals surface area contributed by atoms with E-state index in [0.717, 1.165) is 18.4 Å². The molecule has 0 aromatic heterocycles. The van der Waals surface area contributed by atoms with Crippen LogP contribution in [0.5, 0.6) is 11.5 Å². The summed E-state index contributed by atoms with van der Waals surface area (Å²) in [4.78, 5) is 24.5. The van der Waals surface area contributed by atoms with Crippen LogP contribution in [0, 0.1) is 0 Å². The van der Waals surface area contributed by atoms with E-state index in [1.54, 1.807) is 32.2 Å². The summed E-state index contributed by atoms with van der Waals surface area (Å²) >= 11 is 0. The number of benzene rings is 2. The molecule has 0 aliphatic rings. The lowest BCUT2D eigenvalue weighted by Crippen LogP contribution is -2.41. The number of carbonyl (C=O) groups is 2. The molecule has 0 spiro atoms. The lowest BCUT2D eigenvalue weighted by atomic mass is 10.1. The largest absolute Gasteiger partial charge is 0.493 e. The molecule has 0 heterocycles. The summed E-state index contributed by atoms with van der Waals surface area (Å²) in [5, 5.41) is 2.90. The molecule has 156 valence electrons. The Hall–Kier alpha value is -3.02. The molecule has 0 fully saturated rings. The average molecular weight is 399 g/mol. The Morgan fingerprint density at radius 3 is 2.28 bits per heavy atom. The number of amides is 1. The minimum atomic E-state index is -0.859. The lowest BCUT2D eigenvalue weighted by Gasteiger charge is -2.18. The molecule has 2 atom stereocenters. The van der Waals surface area contributed by atoms with Gasteiger partial charge in [0.15, 0.2) is 17.6 Å². The zero-order valence-electron chi connectivity index (χ0n) is 17.4. The predicted molar refractivity (Wildman–Crippen MR) is 111 cm³/mol. The maximum Gasteiger partial charge on any atom is 0.311 e. The summed E-state index contributed by atoms with van der Waals surface area (Å²) in [6, 6.07) is 15.3. The Bertz CT molecular complexity index is 806. The van der Waals surface area contributed by atoms with Crippen molar-refractivity contribution in [1.82, 2.24) is 5.32 Å². The van der Waals surface area contributed by atoms with Crippen molar-refractivity contribution in [3.8, 4) is 11.5 Å². The fourth-order valence-electron chi connectivity index (χ4n) is 2.91. The number of hydrogen-bond donors (Lipinski definition) is 1. The number of rotatable bonds is 10. The van der Waals surface area contributed by atoms with Crippen molar-refractivity contribution >= 4 is 11.9 Å². The third-order valence-electron chi connectivity index (χ3n) is 4.57. The minimum Gasteiger partial charge on any atom is -0.493 e. The molecular weight excluding hydrogens is 370 g/mol. The molecular formula is C23H29NO5. The topological polar surface area (TPSA) is 73.9 Å². The maximum atomic E-state index is 12.3. The molecule has 0 aliphatic heterocycles. The van der Waals surface area contributed by atoms with E-state index in [-0.39, 0.29) is 18.4 Å². The summed E-state index contributed by atoms with van der Waals surface area (Å²) < 4.78 is 15.7. The molecule has 2 aromatic carbocycles. The fraction of sp³-hybridized carbons (Fsp3) is 0.391. The molecule has 0 radical (unpaired) electrons. The Labute approximate surface area is 172 Å². The second-order valence-corrected chi connectivity index (χ2v) is 6.93. The quantitative estimate of drug-likeness (QED) is 0.621. The highest BCUT2D eigenvalue weighted by Gasteiger charge is 2.20. The molecule has 0 saturated carbocycles. The van der Waals surface area contributed by atoms with Crippen molar-refractivity contribution < 1.29 is 23.8 Å². The summed E-state index contributed by atoms with van der Waals surface area (Å²) in [5.41, 5.74) is 1.94. The molecule has 1 amide bonds. The smallest absolute Gasteiger partial charge is 0.311 e. The second kappa shape index (κ2) is 11.1. The monoisotopic (exact) mass is 399 g/mol. The van der Waals surface area contributed by atoms with Crippen LogP contribution in [0.25, 0.3) is 0 Å². The molecule has 6 heteroatoms. The molecule has 1 N–H and O–H groups in total. The van der Waals surface area contributed by atoms with Gasteiger partial charge in [0.1, 0.15) is 0 Å². The first-order valence-corrected chi connectivity index (χ1v) is 9.67. The summed E-state index contributed by atoms with van der Waals surface area (Å²) in [7, 11) is 3.08. The lowest BCUT2D eigenvalue weighted by molar-refractivity contribution is -0.154. The highest BCUT2D eigenvalue weighted by molar-refractivity contribution is 5.84. The summed E-state index contributed by atoms with van der Waals surface area (Å²) in [6.07, 6.45) is 0.862. The van der Waals surface area contributed by atoms with Crippen LogP contribution in [-0.4, -0.2) is 38.2 Å². The molecule has 0 bridgehead atoms. The van der Waals surface area contributed by atoms with Gasteiger partial charge in [0.25, 0.3) is 5.91 Å². The third kappa shape index (κ3) is 7.14. The van der Waals surface area contributed by atoms with Crippen LogP contribution < -0.4 is 14.8 Å². The normalized spacial score (nSPS) is 12.6. The first kappa shape index (κ1) is 22.3. The zero-order valence-corrected chi connectivity index (χ0v) is 17.4. The Morgan fingerprint density at radius 2 is 1.62 bits per heavy atom. The number of nitrogens with one attached hydrogen (secondary N) is 1. The van der Waals surface area contributed by atoms with Gasteiger partial charge in [-0.2, -0.15) is 0 Å². The zero-order chi connectivity index (χ0) is 21.2. The number of ether oxygens (including phenoxy) is 3. The van der Waals surface area contributed by atoms with Crippen LogP contribution in [0.4, 0.5) is 0 Å². The number of esters is 1. The van der Waals surface area contributed by atoms with E-state index in [4.69, 9.17) is 14.2 Å². The van der Waals surface area contributed by atoms with Gasteiger partial charge in [-0.15, -0.1) is 0 Å². The van der Waals surface area contributed by atoms with Crippen molar-refractivity contribution in [2.24, 2.45) is 0 Å². The van der Waals surface area contributed by atoms with E-state index in [0.29, 0.717) is 11.5 Å². The van der Waals surface area contributed by atoms with Crippen LogP contribution in [0.1, 0.15) is 31.4 Å². The van der Waals surface area contributed by atoms with Gasteiger partial charge in [-0.1, -0.05) is 36.4 Å². The molecule has 2 rings (SSSR count). The minimum absolute atomic E-state index is 0.0188. The van der Waals surface area contributed by atoms with E-state index in [1.807, 2.05) is 25.1 Å². The van der Waals surface area contributed by atoms with Crippen LogP contribution in [-0.2, 0) is 27.2 Å². The van der Waals surface area contributed by atoms with E-state index in [2.05, 4.69) is 17.4 Å². The first-order valence-electron chi connectivity index (χ1n) is 9.67. The van der Waals surface area contributed by atoms with E-state index >= 15 is 0 Å². The van der Waals surface area contributed by atoms with Crippen molar-refractivity contribution in [2.75, 3.05) is 14.2 Å². The van der Waals surface area contributed by atoms with Gasteiger partial charge in [0.2, 0.25) is 0 Å². The van der Waals surface area contributed by atoms with Crippen LogP contribution in [0.15, 0.2) is 48.5 Å². The van der Waals surface area contributed by atoms with Crippen molar-refractivity contribution in [3.05, 3.63) is 59.7 Å². The van der Waals surface area contributed by atoms with Crippen LogP contribution in [0.3, 0.4) is 0 Å². The Morgan fingerprint density at radius 1 is 0.931 bits per heavy atom. The summed E-state index contributed by atoms with van der Waals surface area (Å²) in [6.45, 7) is 3.52. The van der Waals surface area contributed by atoms with Crippen molar-refractivity contribution in [1.29, 1.82) is 0 Å². The molecule has 6 nitrogen and oxygen atoms in total.